The molecule has 1 atom stereocenters. The van der Waals surface area contributed by atoms with E-state index in [1.54, 1.807) is 0 Å². The van der Waals surface area contributed by atoms with Gasteiger partial charge in [-0.2, -0.15) is 0 Å². The maximum absolute atomic E-state index is 10.2. The van der Waals surface area contributed by atoms with Crippen LogP contribution in [0.5, 0.6) is 0 Å². The molecule has 1 aliphatic heterocycles. The second kappa shape index (κ2) is 1.50. The molecule has 7 heavy (non-hydrogen) atoms. The Morgan fingerprint density at radius 1 is 1.86 bits per heavy atom. The largest absolute Gasteiger partial charge is 0.464 e. The van der Waals surface area contributed by atoms with Gasteiger partial charge in [-0.3, -0.25) is 4.79 Å². The van der Waals surface area contributed by atoms with Crippen LogP contribution in [-0.4, -0.2) is 18.6 Å². The second-order valence-electron chi connectivity index (χ2n) is 1.65. The van der Waals surface area contributed by atoms with Crippen molar-refractivity contribution in [1.29, 1.82) is 0 Å². The summed E-state index contributed by atoms with van der Waals surface area (Å²) in [7, 11) is 0. The van der Waals surface area contributed by atoms with Crippen molar-refractivity contribution in [3.63, 3.8) is 0 Å². The number of rotatable bonds is 0. The lowest BCUT2D eigenvalue weighted by atomic mass is 10.3. The Morgan fingerprint density at radius 2 is 2.57 bits per heavy atom. The molecule has 1 fully saturated rings. The molecule has 3 heteroatoms. The van der Waals surface area contributed by atoms with E-state index in [1.807, 2.05) is 0 Å². The summed E-state index contributed by atoms with van der Waals surface area (Å²) < 4.78 is 4.50. The molecule has 40 valence electrons. The first kappa shape index (κ1) is 4.59. The second-order valence-corrected chi connectivity index (χ2v) is 1.65. The van der Waals surface area contributed by atoms with Gasteiger partial charge in [-0.1, -0.05) is 0 Å². The van der Waals surface area contributed by atoms with E-state index in [4.69, 9.17) is 5.73 Å². The molecule has 1 unspecified atom stereocenters. The van der Waals surface area contributed by atoms with E-state index in [9.17, 15) is 4.79 Å². The van der Waals surface area contributed by atoms with Gasteiger partial charge in [-0.15, -0.1) is 0 Å². The predicted molar refractivity (Wildman–Crippen MR) is 23.6 cm³/mol. The third kappa shape index (κ3) is 0.899. The fourth-order valence-electron chi connectivity index (χ4n) is 0.532. The molecule has 0 saturated carbocycles. The average Bonchev–Trinajstić information content (AvgIpc) is 1.87. The first-order chi connectivity index (χ1) is 3.29. The maximum Gasteiger partial charge on any atom is 0.307 e. The zero-order chi connectivity index (χ0) is 5.28. The number of esters is 1. The van der Waals surface area contributed by atoms with E-state index in [2.05, 4.69) is 4.74 Å². The van der Waals surface area contributed by atoms with Gasteiger partial charge >= 0.3 is 5.97 Å². The molecule has 0 aromatic rings. The van der Waals surface area contributed by atoms with Crippen LogP contribution in [-0.2, 0) is 9.53 Å². The topological polar surface area (TPSA) is 52.3 Å². The van der Waals surface area contributed by atoms with E-state index in [-0.39, 0.29) is 12.0 Å². The first-order valence-corrected chi connectivity index (χ1v) is 2.20. The summed E-state index contributed by atoms with van der Waals surface area (Å²) in [4.78, 5) is 10.2. The number of ether oxygens (including phenoxy) is 1. The lowest BCUT2D eigenvalue weighted by molar-refractivity contribution is -0.137. The highest BCUT2D eigenvalue weighted by Gasteiger charge is 2.18. The highest BCUT2D eigenvalue weighted by atomic mass is 16.5. The molecular formula is C4H7NO2. The summed E-state index contributed by atoms with van der Waals surface area (Å²) in [5.41, 5.74) is 5.28. The number of cyclic esters (lactones) is 1. The molecule has 2 N–H and O–H groups in total. The smallest absolute Gasteiger partial charge is 0.307 e. The molecule has 1 aliphatic rings. The van der Waals surface area contributed by atoms with Crippen LogP contribution in [0.2, 0.25) is 0 Å². The molecule has 0 radical (unpaired) electrons. The summed E-state index contributed by atoms with van der Waals surface area (Å²) in [5.74, 6) is -0.174. The van der Waals surface area contributed by atoms with Gasteiger partial charge in [0, 0.05) is 6.04 Å². The average molecular weight is 101 g/mol. The molecule has 0 spiro atoms. The van der Waals surface area contributed by atoms with Crippen LogP contribution in [0.1, 0.15) is 6.42 Å². The van der Waals surface area contributed by atoms with E-state index in [0.29, 0.717) is 13.0 Å². The lowest BCUT2D eigenvalue weighted by Gasteiger charge is -1.88. The molecule has 0 aromatic carbocycles. The van der Waals surface area contributed by atoms with Crippen LogP contribution in [0.15, 0.2) is 0 Å². The van der Waals surface area contributed by atoms with Gasteiger partial charge in [0.25, 0.3) is 0 Å². The van der Waals surface area contributed by atoms with Crippen molar-refractivity contribution in [2.24, 2.45) is 5.73 Å². The van der Waals surface area contributed by atoms with Crippen molar-refractivity contribution in [2.75, 3.05) is 6.61 Å². The molecule has 3 nitrogen and oxygen atoms in total. The predicted octanol–water partition coefficient (Wildman–Crippen LogP) is -0.739. The van der Waals surface area contributed by atoms with Gasteiger partial charge in [0.15, 0.2) is 0 Å². The SMILES string of the molecule is NC1COC(=O)C1. The number of nitrogens with two attached hydrogens (primary N) is 1. The molecule has 0 aliphatic carbocycles. The summed E-state index contributed by atoms with van der Waals surface area (Å²) in [6.07, 6.45) is 0.389. The highest BCUT2D eigenvalue weighted by Crippen LogP contribution is 2.00. The van der Waals surface area contributed by atoms with Crippen LogP contribution in [0.25, 0.3) is 0 Å². The molecule has 1 rings (SSSR count). The van der Waals surface area contributed by atoms with Crippen LogP contribution in [0, 0.1) is 0 Å². The van der Waals surface area contributed by atoms with Crippen molar-refractivity contribution < 1.29 is 9.53 Å². The monoisotopic (exact) mass is 101 g/mol. The van der Waals surface area contributed by atoms with Crippen molar-refractivity contribution in [2.45, 2.75) is 12.5 Å². The van der Waals surface area contributed by atoms with Gasteiger partial charge in [-0.25, -0.2) is 0 Å². The Hall–Kier alpha value is -0.570. The number of hydrogen-bond acceptors (Lipinski definition) is 3. The summed E-state index contributed by atoms with van der Waals surface area (Å²) in [6, 6.07) is -0.0486. The standard InChI is InChI=1S/C4H7NO2/c5-3-1-4(6)7-2-3/h3H,1-2,5H2. The van der Waals surface area contributed by atoms with Gasteiger partial charge in [-0.05, 0) is 0 Å². The normalized spacial score (nSPS) is 30.4. The van der Waals surface area contributed by atoms with Gasteiger partial charge in [0.1, 0.15) is 6.61 Å². The zero-order valence-corrected chi connectivity index (χ0v) is 3.89. The minimum absolute atomic E-state index is 0.0486. The van der Waals surface area contributed by atoms with E-state index >= 15 is 0 Å². The Morgan fingerprint density at radius 3 is 2.71 bits per heavy atom. The Bertz CT molecular complexity index is 91.7. The van der Waals surface area contributed by atoms with E-state index < -0.39 is 0 Å². The van der Waals surface area contributed by atoms with Crippen molar-refractivity contribution in [3.05, 3.63) is 0 Å². The quantitative estimate of drug-likeness (QED) is 0.409. The number of carbonyl (C=O) groups is 1. The first-order valence-electron chi connectivity index (χ1n) is 2.20. The van der Waals surface area contributed by atoms with E-state index in [0.717, 1.165) is 0 Å². The maximum atomic E-state index is 10.2. The van der Waals surface area contributed by atoms with Crippen molar-refractivity contribution in [1.82, 2.24) is 0 Å². The fourth-order valence-corrected chi connectivity index (χ4v) is 0.532. The van der Waals surface area contributed by atoms with Crippen LogP contribution in [0.3, 0.4) is 0 Å². The molecule has 1 saturated heterocycles. The Kier molecular flexibility index (Phi) is 0.982. The van der Waals surface area contributed by atoms with Crippen LogP contribution >= 0.6 is 0 Å². The highest BCUT2D eigenvalue weighted by molar-refractivity contribution is 5.72. The van der Waals surface area contributed by atoms with Gasteiger partial charge in [0.05, 0.1) is 6.42 Å². The molecule has 0 aromatic heterocycles. The Labute approximate surface area is 41.4 Å². The van der Waals surface area contributed by atoms with Gasteiger partial charge in [0.2, 0.25) is 0 Å². The van der Waals surface area contributed by atoms with Crippen molar-refractivity contribution >= 4 is 5.97 Å². The summed E-state index contributed by atoms with van der Waals surface area (Å²) >= 11 is 0. The minimum atomic E-state index is -0.174. The van der Waals surface area contributed by atoms with Crippen molar-refractivity contribution in [3.8, 4) is 0 Å². The fraction of sp³-hybridized carbons (Fsp3) is 0.750. The third-order valence-corrected chi connectivity index (χ3v) is 0.887. The summed E-state index contributed by atoms with van der Waals surface area (Å²) in [5, 5.41) is 0. The Balaban J connectivity index is 2.40. The lowest BCUT2D eigenvalue weighted by Crippen LogP contribution is -2.18. The van der Waals surface area contributed by atoms with Crippen LogP contribution in [0.4, 0.5) is 0 Å². The molecular weight excluding hydrogens is 94.0 g/mol. The van der Waals surface area contributed by atoms with Crippen LogP contribution < -0.4 is 5.73 Å². The minimum Gasteiger partial charge on any atom is -0.464 e. The van der Waals surface area contributed by atoms with Gasteiger partial charge < -0.3 is 10.5 Å². The van der Waals surface area contributed by atoms with E-state index in [1.165, 1.54) is 0 Å². The zero-order valence-electron chi connectivity index (χ0n) is 3.89. The third-order valence-electron chi connectivity index (χ3n) is 0.887. The molecule has 1 heterocycles. The molecule has 0 amide bonds. The summed E-state index contributed by atoms with van der Waals surface area (Å²) in [6.45, 7) is 0.402. The number of carbonyl (C=O) groups excluding carboxylic acids is 1. The molecule has 0 bridgehead atoms. The number of hydrogen-bond donors (Lipinski definition) is 1.